The predicted molar refractivity (Wildman–Crippen MR) is 83.0 cm³/mol. The van der Waals surface area contributed by atoms with Gasteiger partial charge in [0.2, 0.25) is 5.89 Å². The highest BCUT2D eigenvalue weighted by Crippen LogP contribution is 2.18. The highest BCUT2D eigenvalue weighted by molar-refractivity contribution is 7.97. The second-order valence-electron chi connectivity index (χ2n) is 4.62. The van der Waals surface area contributed by atoms with Crippen molar-refractivity contribution in [2.75, 3.05) is 7.05 Å². The van der Waals surface area contributed by atoms with Crippen molar-refractivity contribution in [1.29, 1.82) is 0 Å². The minimum atomic E-state index is 0.349. The number of nitrogens with one attached hydrogen (secondary N) is 1. The van der Waals surface area contributed by atoms with Gasteiger partial charge in [0.05, 0.1) is 5.75 Å². The summed E-state index contributed by atoms with van der Waals surface area (Å²) in [5.41, 5.74) is 1.24. The number of aromatic nitrogens is 2. The highest BCUT2D eigenvalue weighted by atomic mass is 35.5. The summed E-state index contributed by atoms with van der Waals surface area (Å²) in [7, 11) is 1.92. The highest BCUT2D eigenvalue weighted by Gasteiger charge is 2.09. The molecule has 0 spiro atoms. The molecule has 0 aliphatic heterocycles. The van der Waals surface area contributed by atoms with E-state index in [1.807, 2.05) is 31.3 Å². The van der Waals surface area contributed by atoms with Gasteiger partial charge < -0.3 is 9.84 Å². The van der Waals surface area contributed by atoms with Gasteiger partial charge in [-0.25, -0.2) is 0 Å². The number of likely N-dealkylation sites (N-methyl/N-ethyl adjacent to an activating group) is 1. The minimum Gasteiger partial charge on any atom is -0.338 e. The zero-order valence-electron chi connectivity index (χ0n) is 11.6. The van der Waals surface area contributed by atoms with Gasteiger partial charge in [-0.05, 0) is 31.7 Å². The van der Waals surface area contributed by atoms with Gasteiger partial charge in [-0.3, -0.25) is 0 Å². The van der Waals surface area contributed by atoms with Crippen LogP contribution in [0.25, 0.3) is 0 Å². The lowest BCUT2D eigenvalue weighted by molar-refractivity contribution is 0.382. The smallest absolute Gasteiger partial charge is 0.236 e. The van der Waals surface area contributed by atoms with Crippen LogP contribution in [0.3, 0.4) is 0 Å². The summed E-state index contributed by atoms with van der Waals surface area (Å²) < 4.78 is 5.24. The van der Waals surface area contributed by atoms with Crippen molar-refractivity contribution in [3.05, 3.63) is 46.6 Å². The maximum Gasteiger partial charge on any atom is 0.236 e. The van der Waals surface area contributed by atoms with Gasteiger partial charge in [0, 0.05) is 23.2 Å². The third-order valence-corrected chi connectivity index (χ3v) is 4.14. The van der Waals surface area contributed by atoms with E-state index in [9.17, 15) is 0 Å². The standard InChI is InChI=1S/C14H18ClN3OS/c1-10(16-2)7-13-17-14(19-18-13)9-20-8-11-3-5-12(15)6-4-11/h3-6,10,16H,7-9H2,1-2H3. The fourth-order valence-electron chi connectivity index (χ4n) is 1.64. The van der Waals surface area contributed by atoms with Crippen LogP contribution in [-0.4, -0.2) is 23.2 Å². The minimum absolute atomic E-state index is 0.349. The molecule has 0 fully saturated rings. The zero-order chi connectivity index (χ0) is 14.4. The Morgan fingerprint density at radius 1 is 1.30 bits per heavy atom. The average Bonchev–Trinajstić information content (AvgIpc) is 2.88. The number of benzene rings is 1. The van der Waals surface area contributed by atoms with Crippen LogP contribution in [0, 0.1) is 0 Å². The van der Waals surface area contributed by atoms with Gasteiger partial charge in [-0.15, -0.1) is 11.8 Å². The number of rotatable bonds is 7. The summed E-state index contributed by atoms with van der Waals surface area (Å²) in [4.78, 5) is 4.38. The number of hydrogen-bond acceptors (Lipinski definition) is 5. The lowest BCUT2D eigenvalue weighted by Crippen LogP contribution is -2.24. The van der Waals surface area contributed by atoms with Crippen LogP contribution in [0.15, 0.2) is 28.8 Å². The van der Waals surface area contributed by atoms with E-state index in [-0.39, 0.29) is 0 Å². The molecule has 2 aromatic rings. The first-order valence-corrected chi connectivity index (χ1v) is 8.01. The molecule has 0 amide bonds. The van der Waals surface area contributed by atoms with Crippen LogP contribution < -0.4 is 5.32 Å². The van der Waals surface area contributed by atoms with Crippen LogP contribution in [0.4, 0.5) is 0 Å². The summed E-state index contributed by atoms with van der Waals surface area (Å²) in [6, 6.07) is 8.22. The molecule has 1 unspecified atom stereocenters. The van der Waals surface area contributed by atoms with E-state index in [1.54, 1.807) is 11.8 Å². The first-order valence-electron chi connectivity index (χ1n) is 6.48. The molecule has 0 saturated carbocycles. The Morgan fingerprint density at radius 3 is 2.75 bits per heavy atom. The van der Waals surface area contributed by atoms with Gasteiger partial charge in [-0.2, -0.15) is 4.98 Å². The molecule has 0 aliphatic rings. The first-order chi connectivity index (χ1) is 9.67. The largest absolute Gasteiger partial charge is 0.338 e. The van der Waals surface area contributed by atoms with E-state index < -0.39 is 0 Å². The van der Waals surface area contributed by atoms with Crippen LogP contribution in [-0.2, 0) is 17.9 Å². The maximum atomic E-state index is 5.85. The number of nitrogens with zero attached hydrogens (tertiary/aromatic N) is 2. The van der Waals surface area contributed by atoms with Gasteiger partial charge in [0.15, 0.2) is 5.82 Å². The summed E-state index contributed by atoms with van der Waals surface area (Å²) >= 11 is 7.60. The van der Waals surface area contributed by atoms with E-state index in [1.165, 1.54) is 5.56 Å². The van der Waals surface area contributed by atoms with Crippen LogP contribution >= 0.6 is 23.4 Å². The normalized spacial score (nSPS) is 12.6. The lowest BCUT2D eigenvalue weighted by atomic mass is 10.2. The molecule has 0 saturated heterocycles. The van der Waals surface area contributed by atoms with Crippen molar-refractivity contribution in [2.24, 2.45) is 0 Å². The van der Waals surface area contributed by atoms with Crippen molar-refractivity contribution in [2.45, 2.75) is 30.9 Å². The summed E-state index contributed by atoms with van der Waals surface area (Å²) in [5.74, 6) is 3.07. The Balaban J connectivity index is 1.78. The molecule has 1 N–H and O–H groups in total. The molecule has 20 heavy (non-hydrogen) atoms. The van der Waals surface area contributed by atoms with Crippen molar-refractivity contribution in [3.8, 4) is 0 Å². The summed E-state index contributed by atoms with van der Waals surface area (Å²) in [6.45, 7) is 2.09. The Labute approximate surface area is 128 Å². The van der Waals surface area contributed by atoms with Crippen LogP contribution in [0.5, 0.6) is 0 Å². The summed E-state index contributed by atoms with van der Waals surface area (Å²) in [6.07, 6.45) is 0.780. The Bertz CT molecular complexity index is 529. The number of halogens is 1. The van der Waals surface area contributed by atoms with Gasteiger partial charge >= 0.3 is 0 Å². The molecule has 6 heteroatoms. The van der Waals surface area contributed by atoms with Crippen molar-refractivity contribution in [1.82, 2.24) is 15.5 Å². The molecular formula is C14H18ClN3OS. The molecular weight excluding hydrogens is 294 g/mol. The molecule has 1 aromatic heterocycles. The van der Waals surface area contributed by atoms with E-state index >= 15 is 0 Å². The molecule has 1 atom stereocenters. The van der Waals surface area contributed by atoms with E-state index in [4.69, 9.17) is 16.1 Å². The fourth-order valence-corrected chi connectivity index (χ4v) is 2.59. The third-order valence-electron chi connectivity index (χ3n) is 2.90. The quantitative estimate of drug-likeness (QED) is 0.850. The van der Waals surface area contributed by atoms with Crippen LogP contribution in [0.1, 0.15) is 24.2 Å². The molecule has 4 nitrogen and oxygen atoms in total. The molecule has 2 rings (SSSR count). The second kappa shape index (κ2) is 7.67. The van der Waals surface area contributed by atoms with Gasteiger partial charge in [0.1, 0.15) is 0 Å². The molecule has 0 aliphatic carbocycles. The van der Waals surface area contributed by atoms with Gasteiger partial charge in [0.25, 0.3) is 0 Å². The molecule has 108 valence electrons. The molecule has 1 aromatic carbocycles. The molecule has 0 bridgehead atoms. The van der Waals surface area contributed by atoms with Crippen LogP contribution in [0.2, 0.25) is 5.02 Å². The predicted octanol–water partition coefficient (Wildman–Crippen LogP) is 3.31. The zero-order valence-corrected chi connectivity index (χ0v) is 13.2. The third kappa shape index (κ3) is 4.81. The van der Waals surface area contributed by atoms with Gasteiger partial charge in [-0.1, -0.05) is 28.9 Å². The summed E-state index contributed by atoms with van der Waals surface area (Å²) in [5, 5.41) is 7.90. The molecule has 1 heterocycles. The first kappa shape index (κ1) is 15.4. The maximum absolute atomic E-state index is 5.85. The van der Waals surface area contributed by atoms with Crippen molar-refractivity contribution < 1.29 is 4.52 Å². The van der Waals surface area contributed by atoms with E-state index in [0.29, 0.717) is 11.9 Å². The van der Waals surface area contributed by atoms with E-state index in [2.05, 4.69) is 22.4 Å². The fraction of sp³-hybridized carbons (Fsp3) is 0.429. The number of hydrogen-bond donors (Lipinski definition) is 1. The Hall–Kier alpha value is -1.04. The number of thioether (sulfide) groups is 1. The van der Waals surface area contributed by atoms with E-state index in [0.717, 1.165) is 28.8 Å². The average molecular weight is 312 g/mol. The van der Waals surface area contributed by atoms with Crippen molar-refractivity contribution in [3.63, 3.8) is 0 Å². The second-order valence-corrected chi connectivity index (χ2v) is 6.04. The lowest BCUT2D eigenvalue weighted by Gasteiger charge is -2.04. The Morgan fingerprint density at radius 2 is 2.05 bits per heavy atom. The topological polar surface area (TPSA) is 51.0 Å². The SMILES string of the molecule is CNC(C)Cc1noc(CSCc2ccc(Cl)cc2)n1. The Kier molecular flexibility index (Phi) is 5.88. The molecule has 0 radical (unpaired) electrons. The monoisotopic (exact) mass is 311 g/mol. The van der Waals surface area contributed by atoms with Crippen molar-refractivity contribution >= 4 is 23.4 Å².